The van der Waals surface area contributed by atoms with Gasteiger partial charge in [0.2, 0.25) is 0 Å². The van der Waals surface area contributed by atoms with Crippen molar-refractivity contribution in [3.05, 3.63) is 23.8 Å². The molecule has 0 aliphatic carbocycles. The van der Waals surface area contributed by atoms with Gasteiger partial charge < -0.3 is 19.9 Å². The molecule has 5 heteroatoms. The first-order chi connectivity index (χ1) is 9.94. The summed E-state index contributed by atoms with van der Waals surface area (Å²) in [6.07, 6.45) is 2.00. The van der Waals surface area contributed by atoms with Crippen LogP contribution in [0.25, 0.3) is 0 Å². The van der Waals surface area contributed by atoms with E-state index >= 15 is 0 Å². The van der Waals surface area contributed by atoms with Crippen LogP contribution in [0.4, 0.5) is 0 Å². The van der Waals surface area contributed by atoms with E-state index in [0.717, 1.165) is 25.9 Å². The molecule has 1 saturated heterocycles. The molecule has 2 N–H and O–H groups in total. The standard InChI is InChI=1S/C16H23NO4/c1-16(2,12-6-8-17-9-7-12)21-15(19)11-4-5-13(18)14(10-11)20-3/h4-5,10,12,17-18H,6-9H2,1-3H3. The Morgan fingerprint density at radius 1 is 1.33 bits per heavy atom. The quantitative estimate of drug-likeness (QED) is 0.834. The molecule has 0 saturated carbocycles. The van der Waals surface area contributed by atoms with Crippen LogP contribution in [-0.4, -0.2) is 36.9 Å². The molecule has 0 atom stereocenters. The zero-order valence-corrected chi connectivity index (χ0v) is 12.8. The average Bonchev–Trinajstić information content (AvgIpc) is 2.48. The number of aromatic hydroxyl groups is 1. The molecule has 21 heavy (non-hydrogen) atoms. The Morgan fingerprint density at radius 2 is 2.00 bits per heavy atom. The van der Waals surface area contributed by atoms with E-state index in [-0.39, 0.29) is 11.5 Å². The Bertz CT molecular complexity index is 507. The van der Waals surface area contributed by atoms with Crippen LogP contribution in [0, 0.1) is 5.92 Å². The van der Waals surface area contributed by atoms with Gasteiger partial charge in [0, 0.05) is 5.92 Å². The van der Waals surface area contributed by atoms with Crippen molar-refractivity contribution < 1.29 is 19.4 Å². The number of nitrogens with one attached hydrogen (secondary N) is 1. The molecular formula is C16H23NO4. The lowest BCUT2D eigenvalue weighted by Crippen LogP contribution is -2.42. The maximum atomic E-state index is 12.3. The Hall–Kier alpha value is -1.75. The van der Waals surface area contributed by atoms with Gasteiger partial charge in [0.05, 0.1) is 12.7 Å². The highest BCUT2D eigenvalue weighted by molar-refractivity contribution is 5.90. The van der Waals surface area contributed by atoms with E-state index in [2.05, 4.69) is 5.32 Å². The van der Waals surface area contributed by atoms with Crippen molar-refractivity contribution in [2.24, 2.45) is 5.92 Å². The molecule has 0 unspecified atom stereocenters. The van der Waals surface area contributed by atoms with Crippen molar-refractivity contribution in [3.63, 3.8) is 0 Å². The number of piperidine rings is 1. The lowest BCUT2D eigenvalue weighted by atomic mass is 9.83. The zero-order chi connectivity index (χ0) is 15.5. The zero-order valence-electron chi connectivity index (χ0n) is 12.8. The van der Waals surface area contributed by atoms with Crippen LogP contribution in [0.5, 0.6) is 11.5 Å². The Morgan fingerprint density at radius 3 is 2.62 bits per heavy atom. The topological polar surface area (TPSA) is 67.8 Å². The maximum absolute atomic E-state index is 12.3. The minimum atomic E-state index is -0.510. The van der Waals surface area contributed by atoms with Gasteiger partial charge in [-0.2, -0.15) is 0 Å². The molecule has 1 aliphatic heterocycles. The summed E-state index contributed by atoms with van der Waals surface area (Å²) in [6, 6.07) is 4.47. The number of carbonyl (C=O) groups excluding carboxylic acids is 1. The number of benzene rings is 1. The Labute approximate surface area is 125 Å². The summed E-state index contributed by atoms with van der Waals surface area (Å²) in [6.45, 7) is 5.83. The molecule has 0 amide bonds. The minimum Gasteiger partial charge on any atom is -0.504 e. The van der Waals surface area contributed by atoms with Gasteiger partial charge in [-0.1, -0.05) is 0 Å². The first-order valence-electron chi connectivity index (χ1n) is 7.25. The number of hydrogen-bond acceptors (Lipinski definition) is 5. The smallest absolute Gasteiger partial charge is 0.338 e. The third-order valence-corrected chi connectivity index (χ3v) is 4.09. The van der Waals surface area contributed by atoms with E-state index < -0.39 is 11.6 Å². The summed E-state index contributed by atoms with van der Waals surface area (Å²) in [7, 11) is 1.45. The molecule has 1 aromatic rings. The molecule has 1 aliphatic rings. The first kappa shape index (κ1) is 15.6. The van der Waals surface area contributed by atoms with Crippen LogP contribution < -0.4 is 10.1 Å². The molecule has 0 spiro atoms. The molecule has 5 nitrogen and oxygen atoms in total. The second kappa shape index (κ2) is 6.35. The maximum Gasteiger partial charge on any atom is 0.338 e. The van der Waals surface area contributed by atoms with Crippen molar-refractivity contribution in [1.29, 1.82) is 0 Å². The minimum absolute atomic E-state index is 0.00617. The first-order valence-corrected chi connectivity index (χ1v) is 7.25. The number of hydrogen-bond donors (Lipinski definition) is 2. The fourth-order valence-corrected chi connectivity index (χ4v) is 2.70. The molecule has 1 aromatic carbocycles. The number of phenols is 1. The van der Waals surface area contributed by atoms with E-state index in [0.29, 0.717) is 11.5 Å². The van der Waals surface area contributed by atoms with E-state index in [4.69, 9.17) is 9.47 Å². The van der Waals surface area contributed by atoms with E-state index in [1.165, 1.54) is 19.2 Å². The molecule has 0 bridgehead atoms. The highest BCUT2D eigenvalue weighted by Gasteiger charge is 2.34. The number of rotatable bonds is 4. The monoisotopic (exact) mass is 293 g/mol. The van der Waals surface area contributed by atoms with Gasteiger partial charge in [-0.3, -0.25) is 0 Å². The largest absolute Gasteiger partial charge is 0.504 e. The van der Waals surface area contributed by atoms with Crippen LogP contribution in [0.3, 0.4) is 0 Å². The molecule has 0 radical (unpaired) electrons. The Kier molecular flexibility index (Phi) is 4.73. The van der Waals surface area contributed by atoms with Crippen LogP contribution in [0.1, 0.15) is 37.0 Å². The van der Waals surface area contributed by atoms with Crippen molar-refractivity contribution in [1.82, 2.24) is 5.32 Å². The molecule has 0 aromatic heterocycles. The van der Waals surface area contributed by atoms with Gasteiger partial charge in [-0.25, -0.2) is 4.79 Å². The number of phenolic OH excluding ortho intramolecular Hbond substituents is 1. The SMILES string of the molecule is COc1cc(C(=O)OC(C)(C)C2CCNCC2)ccc1O. The molecule has 116 valence electrons. The fraction of sp³-hybridized carbons (Fsp3) is 0.562. The molecule has 2 rings (SSSR count). The summed E-state index contributed by atoms with van der Waals surface area (Å²) in [5.74, 6) is 0.231. The summed E-state index contributed by atoms with van der Waals surface area (Å²) in [5, 5.41) is 12.9. The van der Waals surface area contributed by atoms with Crippen LogP contribution in [-0.2, 0) is 4.74 Å². The lowest BCUT2D eigenvalue weighted by Gasteiger charge is -2.36. The molecular weight excluding hydrogens is 270 g/mol. The highest BCUT2D eigenvalue weighted by atomic mass is 16.6. The lowest BCUT2D eigenvalue weighted by molar-refractivity contribution is -0.0368. The van der Waals surface area contributed by atoms with Gasteiger partial charge in [-0.15, -0.1) is 0 Å². The number of carbonyl (C=O) groups is 1. The van der Waals surface area contributed by atoms with Gasteiger partial charge in [0.15, 0.2) is 11.5 Å². The van der Waals surface area contributed by atoms with Gasteiger partial charge in [-0.05, 0) is 58.0 Å². The van der Waals surface area contributed by atoms with Gasteiger partial charge in [0.1, 0.15) is 5.60 Å². The fourth-order valence-electron chi connectivity index (χ4n) is 2.70. The van der Waals surface area contributed by atoms with Crippen molar-refractivity contribution in [3.8, 4) is 11.5 Å². The summed E-state index contributed by atoms with van der Waals surface area (Å²) >= 11 is 0. The second-order valence-electron chi connectivity index (χ2n) is 5.90. The average molecular weight is 293 g/mol. The third-order valence-electron chi connectivity index (χ3n) is 4.09. The van der Waals surface area contributed by atoms with Crippen LogP contribution >= 0.6 is 0 Å². The van der Waals surface area contributed by atoms with Crippen LogP contribution in [0.15, 0.2) is 18.2 Å². The van der Waals surface area contributed by atoms with E-state index in [1.807, 2.05) is 13.8 Å². The second-order valence-corrected chi connectivity index (χ2v) is 5.90. The summed E-state index contributed by atoms with van der Waals surface area (Å²) in [4.78, 5) is 12.3. The summed E-state index contributed by atoms with van der Waals surface area (Å²) in [5.41, 5.74) is -0.128. The predicted octanol–water partition coefficient (Wildman–Crippen LogP) is 2.34. The number of methoxy groups -OCH3 is 1. The number of esters is 1. The molecule has 1 fully saturated rings. The Balaban J connectivity index is 2.09. The number of ether oxygens (including phenoxy) is 2. The van der Waals surface area contributed by atoms with Crippen molar-refractivity contribution in [2.75, 3.05) is 20.2 Å². The highest BCUT2D eigenvalue weighted by Crippen LogP contribution is 2.31. The van der Waals surface area contributed by atoms with Gasteiger partial charge in [0.25, 0.3) is 0 Å². The van der Waals surface area contributed by atoms with Crippen LogP contribution in [0.2, 0.25) is 0 Å². The van der Waals surface area contributed by atoms with E-state index in [1.54, 1.807) is 6.07 Å². The van der Waals surface area contributed by atoms with Crippen molar-refractivity contribution in [2.45, 2.75) is 32.3 Å². The van der Waals surface area contributed by atoms with Gasteiger partial charge >= 0.3 is 5.97 Å². The predicted molar refractivity (Wildman–Crippen MR) is 79.7 cm³/mol. The normalized spacial score (nSPS) is 16.5. The van der Waals surface area contributed by atoms with Crippen molar-refractivity contribution >= 4 is 5.97 Å². The molecule has 1 heterocycles. The summed E-state index contributed by atoms with van der Waals surface area (Å²) < 4.78 is 10.7. The third kappa shape index (κ3) is 3.67. The van der Waals surface area contributed by atoms with E-state index in [9.17, 15) is 9.90 Å².